The van der Waals surface area contributed by atoms with E-state index in [4.69, 9.17) is 10.5 Å². The summed E-state index contributed by atoms with van der Waals surface area (Å²) in [5, 5.41) is 16.5. The van der Waals surface area contributed by atoms with Crippen LogP contribution in [0.25, 0.3) is 10.4 Å². The molecule has 3 aromatic rings. The van der Waals surface area contributed by atoms with E-state index in [1.165, 1.54) is 17.0 Å². The number of primary amides is 1. The fraction of sp³-hybridized carbons (Fsp3) is 0.537. The van der Waals surface area contributed by atoms with E-state index in [1.807, 2.05) is 77.4 Å². The number of ether oxygens (including phenoxy) is 1. The summed E-state index contributed by atoms with van der Waals surface area (Å²) < 4.78 is 20.1. The number of rotatable bonds is 18. The molecule has 54 heavy (non-hydrogen) atoms. The van der Waals surface area contributed by atoms with Crippen molar-refractivity contribution in [2.75, 3.05) is 13.2 Å². The van der Waals surface area contributed by atoms with E-state index in [2.05, 4.69) is 15.6 Å². The minimum Gasteiger partial charge on any atom is -0.493 e. The molecule has 4 amide bonds. The topological polar surface area (TPSA) is 164 Å². The lowest BCUT2D eigenvalue weighted by molar-refractivity contribution is -0.144. The Kier molecular flexibility index (Phi) is 15.1. The first-order chi connectivity index (χ1) is 25.5. The summed E-state index contributed by atoms with van der Waals surface area (Å²) in [5.74, 6) is -1.27. The predicted molar refractivity (Wildman–Crippen MR) is 208 cm³/mol. The number of unbranched alkanes of at least 4 members (excludes halogenated alkanes) is 2. The van der Waals surface area contributed by atoms with E-state index >= 15 is 0 Å². The molecule has 0 unspecified atom stereocenters. The van der Waals surface area contributed by atoms with Gasteiger partial charge in [-0.2, -0.15) is 0 Å². The molecule has 2 heterocycles. The second-order valence-electron chi connectivity index (χ2n) is 15.7. The summed E-state index contributed by atoms with van der Waals surface area (Å²) in [5.41, 5.74) is 10.1. The van der Waals surface area contributed by atoms with Crippen molar-refractivity contribution >= 4 is 35.0 Å². The summed E-state index contributed by atoms with van der Waals surface area (Å²) in [6, 6.07) is 10.4. The van der Waals surface area contributed by atoms with E-state index in [1.54, 1.807) is 11.3 Å². The quantitative estimate of drug-likeness (QED) is 0.115. The number of aryl methyl sites for hydroxylation is 2. The van der Waals surface area contributed by atoms with Gasteiger partial charge < -0.3 is 31.1 Å². The Morgan fingerprint density at radius 1 is 1.06 bits per heavy atom. The summed E-state index contributed by atoms with van der Waals surface area (Å²) in [4.78, 5) is 58.6. The maximum Gasteiger partial charge on any atom is 0.246 e. The van der Waals surface area contributed by atoms with Crippen molar-refractivity contribution in [2.45, 2.75) is 117 Å². The van der Waals surface area contributed by atoms with Crippen LogP contribution in [-0.4, -0.2) is 70.0 Å². The number of carbonyl (C=O) groups excluding carboxylic acids is 4. The van der Waals surface area contributed by atoms with Crippen molar-refractivity contribution in [3.8, 4) is 16.2 Å². The molecular formula is C41H56FN5O6S. The van der Waals surface area contributed by atoms with Gasteiger partial charge >= 0.3 is 0 Å². The molecule has 5 atom stereocenters. The zero-order valence-electron chi connectivity index (χ0n) is 32.3. The van der Waals surface area contributed by atoms with Crippen molar-refractivity contribution in [3.63, 3.8) is 0 Å². The van der Waals surface area contributed by atoms with E-state index in [0.29, 0.717) is 38.0 Å². The van der Waals surface area contributed by atoms with Gasteiger partial charge in [-0.15, -0.1) is 11.3 Å². The molecular weight excluding hydrogens is 710 g/mol. The molecule has 0 bridgehead atoms. The number of aliphatic hydroxyl groups is 1. The first kappa shape index (κ1) is 42.4. The van der Waals surface area contributed by atoms with Crippen LogP contribution in [0.1, 0.15) is 102 Å². The lowest BCUT2D eigenvalue weighted by atomic mass is 9.85. The van der Waals surface area contributed by atoms with Gasteiger partial charge in [0.1, 0.15) is 23.7 Å². The Balaban J connectivity index is 1.27. The van der Waals surface area contributed by atoms with Gasteiger partial charge in [0.15, 0.2) is 0 Å². The van der Waals surface area contributed by atoms with Crippen molar-refractivity contribution < 1.29 is 33.4 Å². The van der Waals surface area contributed by atoms with Gasteiger partial charge in [0.2, 0.25) is 23.6 Å². The van der Waals surface area contributed by atoms with Gasteiger partial charge in [-0.05, 0) is 79.7 Å². The molecule has 0 saturated carbocycles. The number of halogens is 1. The number of nitrogens with two attached hydrogens (primary N) is 1. The van der Waals surface area contributed by atoms with Gasteiger partial charge in [0.25, 0.3) is 0 Å². The minimum atomic E-state index is -0.907. The van der Waals surface area contributed by atoms with Gasteiger partial charge in [-0.25, -0.2) is 9.37 Å². The number of nitrogens with one attached hydrogen (secondary N) is 2. The molecule has 0 spiro atoms. The Labute approximate surface area is 322 Å². The molecule has 11 nitrogen and oxygen atoms in total. The largest absolute Gasteiger partial charge is 0.493 e. The molecule has 1 aromatic heterocycles. The van der Waals surface area contributed by atoms with E-state index in [-0.39, 0.29) is 55.5 Å². The van der Waals surface area contributed by atoms with Crippen LogP contribution in [0, 0.1) is 24.1 Å². The third-order valence-corrected chi connectivity index (χ3v) is 10.8. The van der Waals surface area contributed by atoms with E-state index < -0.39 is 35.3 Å². The van der Waals surface area contributed by atoms with Gasteiger partial charge in [0, 0.05) is 31.9 Å². The molecule has 13 heteroatoms. The van der Waals surface area contributed by atoms with Gasteiger partial charge in [-0.3, -0.25) is 19.2 Å². The van der Waals surface area contributed by atoms with Crippen LogP contribution < -0.4 is 21.1 Å². The smallest absolute Gasteiger partial charge is 0.246 e. The van der Waals surface area contributed by atoms with Crippen molar-refractivity contribution in [3.05, 3.63) is 70.6 Å². The zero-order valence-corrected chi connectivity index (χ0v) is 33.1. The molecule has 4 rings (SSSR count). The Hall–Kier alpha value is -4.36. The predicted octanol–water partition coefficient (Wildman–Crippen LogP) is 6.01. The fourth-order valence-electron chi connectivity index (χ4n) is 6.60. The average Bonchev–Trinajstić information content (AvgIpc) is 3.72. The van der Waals surface area contributed by atoms with Crippen LogP contribution in [0.4, 0.5) is 4.39 Å². The third-order valence-electron chi connectivity index (χ3n) is 9.78. The number of β-amino-alcohol motifs (C(OH)–C–C–N with tert-alkyl or cyclic N) is 1. The monoisotopic (exact) mass is 765 g/mol. The maximum absolute atomic E-state index is 14.3. The number of benzene rings is 2. The molecule has 294 valence electrons. The molecule has 1 saturated heterocycles. The van der Waals surface area contributed by atoms with Crippen LogP contribution in [0.2, 0.25) is 0 Å². The number of nitrogens with zero attached hydrogens (tertiary/aromatic N) is 2. The molecule has 1 fully saturated rings. The van der Waals surface area contributed by atoms with Gasteiger partial charge in [-0.1, -0.05) is 58.4 Å². The van der Waals surface area contributed by atoms with Gasteiger partial charge in [0.05, 0.1) is 34.8 Å². The standard InChI is InChI=1S/C41H56FN5O6S/c1-25(12-17-35(43)49)23-53-33-19-28(18-31(42)20-33)10-8-7-9-11-36(50)46-38(41(4,5)6)40(52)47-22-32(48)21-34(47)39(51)45-26(2)29-13-15-30(16-14-29)37-27(3)44-24-54-37/h13-16,18-20,24-26,32,34,38,48H,7-12,17,21-23H2,1-6H3,(H2,43,49)(H,45,51)(H,46,50)/t25-,26-,32+,34-,38+/m0/s1. The van der Waals surface area contributed by atoms with Crippen LogP contribution in [0.5, 0.6) is 5.75 Å². The molecule has 0 aliphatic carbocycles. The summed E-state index contributed by atoms with van der Waals surface area (Å²) in [7, 11) is 0. The zero-order chi connectivity index (χ0) is 39.6. The number of aromatic nitrogens is 1. The van der Waals surface area contributed by atoms with Crippen molar-refractivity contribution in [1.29, 1.82) is 0 Å². The van der Waals surface area contributed by atoms with Crippen LogP contribution in [0.3, 0.4) is 0 Å². The minimum absolute atomic E-state index is 0.00218. The number of thiazole rings is 1. The Morgan fingerprint density at radius 3 is 2.43 bits per heavy atom. The first-order valence-corrected chi connectivity index (χ1v) is 19.7. The SMILES string of the molecule is Cc1ncsc1-c1ccc([C@H](C)NC(=O)[C@@H]2C[C@@H](O)CN2C(=O)[C@@H](NC(=O)CCCCCc2cc(F)cc(OC[C@@H](C)CCC(N)=O)c2)C(C)(C)C)cc1. The lowest BCUT2D eigenvalue weighted by Crippen LogP contribution is -2.57. The highest BCUT2D eigenvalue weighted by molar-refractivity contribution is 7.13. The highest BCUT2D eigenvalue weighted by Gasteiger charge is 2.44. The number of amides is 4. The average molecular weight is 766 g/mol. The van der Waals surface area contributed by atoms with E-state index in [0.717, 1.165) is 33.7 Å². The number of hydrogen-bond donors (Lipinski definition) is 4. The van der Waals surface area contributed by atoms with E-state index in [9.17, 15) is 28.7 Å². The Morgan fingerprint density at radius 2 is 1.78 bits per heavy atom. The highest BCUT2D eigenvalue weighted by atomic mass is 32.1. The second kappa shape index (κ2) is 19.3. The summed E-state index contributed by atoms with van der Waals surface area (Å²) in [6.07, 6.45) is 2.93. The molecule has 1 aliphatic heterocycles. The highest BCUT2D eigenvalue weighted by Crippen LogP contribution is 2.30. The lowest BCUT2D eigenvalue weighted by Gasteiger charge is -2.35. The molecule has 5 N–H and O–H groups in total. The number of likely N-dealkylation sites (tertiary alicyclic amines) is 1. The molecule has 2 aromatic carbocycles. The first-order valence-electron chi connectivity index (χ1n) is 18.8. The maximum atomic E-state index is 14.3. The molecule has 0 radical (unpaired) electrons. The van der Waals surface area contributed by atoms with Crippen LogP contribution in [-0.2, 0) is 25.6 Å². The van der Waals surface area contributed by atoms with Crippen molar-refractivity contribution in [2.24, 2.45) is 17.1 Å². The molecule has 1 aliphatic rings. The Bertz CT molecular complexity index is 1740. The normalized spacial score (nSPS) is 17.4. The third kappa shape index (κ3) is 12.3. The number of carbonyl (C=O) groups is 4. The number of aliphatic hydroxyl groups excluding tert-OH is 1. The number of hydrogen-bond acceptors (Lipinski definition) is 8. The van der Waals surface area contributed by atoms with Crippen molar-refractivity contribution in [1.82, 2.24) is 20.5 Å². The second-order valence-corrected chi connectivity index (χ2v) is 16.5. The van der Waals surface area contributed by atoms with Crippen LogP contribution >= 0.6 is 11.3 Å². The summed E-state index contributed by atoms with van der Waals surface area (Å²) >= 11 is 1.57. The van der Waals surface area contributed by atoms with Crippen LogP contribution in [0.15, 0.2) is 48.0 Å². The summed E-state index contributed by atoms with van der Waals surface area (Å²) in [6.45, 7) is 11.7. The fourth-order valence-corrected chi connectivity index (χ4v) is 7.41.